The molecular weight excluding hydrogens is 220 g/mol. The van der Waals surface area contributed by atoms with Crippen molar-refractivity contribution in [3.8, 4) is 5.82 Å². The highest BCUT2D eigenvalue weighted by atomic mass is 16.5. The molecule has 0 aliphatic carbocycles. The lowest BCUT2D eigenvalue weighted by atomic mass is 10.2. The van der Waals surface area contributed by atoms with E-state index in [-0.39, 0.29) is 5.56 Å². The van der Waals surface area contributed by atoms with Crippen molar-refractivity contribution in [1.29, 1.82) is 0 Å². The molecule has 0 spiro atoms. The lowest BCUT2D eigenvalue weighted by Gasteiger charge is -1.99. The fourth-order valence-electron chi connectivity index (χ4n) is 1.59. The van der Waals surface area contributed by atoms with Crippen LogP contribution in [-0.2, 0) is 0 Å². The summed E-state index contributed by atoms with van der Waals surface area (Å²) in [5, 5.41) is 12.0. The minimum atomic E-state index is -0.260. The number of benzene rings is 1. The first-order chi connectivity index (χ1) is 8.25. The van der Waals surface area contributed by atoms with Crippen molar-refractivity contribution in [1.82, 2.24) is 20.2 Å². The van der Waals surface area contributed by atoms with Gasteiger partial charge < -0.3 is 4.52 Å². The van der Waals surface area contributed by atoms with Crippen LogP contribution in [0.15, 0.2) is 39.6 Å². The van der Waals surface area contributed by atoms with Crippen molar-refractivity contribution in [2.24, 2.45) is 0 Å². The summed E-state index contributed by atoms with van der Waals surface area (Å²) in [5.41, 5.74) is 0.304. The molecule has 0 saturated heterocycles. The molecule has 17 heavy (non-hydrogen) atoms. The molecule has 0 atom stereocenters. The maximum absolute atomic E-state index is 12.1. The standard InChI is InChI=1S/C11H8N4O2/c1-7-6-10(13-17-7)15-11(16)8-4-2-3-5-9(8)12-14-15/h2-6H,1H3. The summed E-state index contributed by atoms with van der Waals surface area (Å²) in [6.07, 6.45) is 0. The summed E-state index contributed by atoms with van der Waals surface area (Å²) >= 11 is 0. The van der Waals surface area contributed by atoms with E-state index in [4.69, 9.17) is 4.52 Å². The lowest BCUT2D eigenvalue weighted by Crippen LogP contribution is -2.22. The Morgan fingerprint density at radius 1 is 1.29 bits per heavy atom. The molecular formula is C11H8N4O2. The molecule has 0 radical (unpaired) electrons. The molecule has 0 fully saturated rings. The molecule has 3 rings (SSSR count). The molecule has 6 heteroatoms. The van der Waals surface area contributed by atoms with E-state index in [9.17, 15) is 4.79 Å². The van der Waals surface area contributed by atoms with Crippen molar-refractivity contribution in [2.45, 2.75) is 6.92 Å². The number of fused-ring (bicyclic) bond motifs is 1. The molecule has 2 aromatic heterocycles. The van der Waals surface area contributed by atoms with Gasteiger partial charge in [0.15, 0.2) is 0 Å². The van der Waals surface area contributed by atoms with E-state index >= 15 is 0 Å². The van der Waals surface area contributed by atoms with Gasteiger partial charge in [0.2, 0.25) is 5.82 Å². The summed E-state index contributed by atoms with van der Waals surface area (Å²) in [5.74, 6) is 0.951. The Hall–Kier alpha value is -2.50. The zero-order valence-corrected chi connectivity index (χ0v) is 8.99. The van der Waals surface area contributed by atoms with Crippen LogP contribution in [0.1, 0.15) is 5.76 Å². The van der Waals surface area contributed by atoms with Gasteiger partial charge in [-0.2, -0.15) is 4.68 Å². The number of hydrogen-bond acceptors (Lipinski definition) is 5. The van der Waals surface area contributed by atoms with Crippen LogP contribution in [0, 0.1) is 6.92 Å². The van der Waals surface area contributed by atoms with Crippen molar-refractivity contribution >= 4 is 10.9 Å². The minimum Gasteiger partial charge on any atom is -0.359 e. The maximum Gasteiger partial charge on any atom is 0.283 e. The van der Waals surface area contributed by atoms with Crippen molar-refractivity contribution in [3.05, 3.63) is 46.4 Å². The largest absolute Gasteiger partial charge is 0.359 e. The minimum absolute atomic E-state index is 0.260. The Balaban J connectivity index is 2.32. The lowest BCUT2D eigenvalue weighted by molar-refractivity contribution is 0.392. The molecule has 0 aliphatic rings. The predicted molar refractivity (Wildman–Crippen MR) is 59.9 cm³/mol. The molecule has 0 bridgehead atoms. The smallest absolute Gasteiger partial charge is 0.283 e. The number of hydrogen-bond donors (Lipinski definition) is 0. The molecule has 0 aliphatic heterocycles. The van der Waals surface area contributed by atoms with Crippen LogP contribution in [0.4, 0.5) is 0 Å². The summed E-state index contributed by atoms with van der Waals surface area (Å²) in [7, 11) is 0. The van der Waals surface area contributed by atoms with Gasteiger partial charge in [0.1, 0.15) is 11.3 Å². The van der Waals surface area contributed by atoms with Gasteiger partial charge in [-0.15, -0.1) is 5.10 Å². The van der Waals surface area contributed by atoms with Gasteiger partial charge in [0.25, 0.3) is 5.56 Å². The highest BCUT2D eigenvalue weighted by Crippen LogP contribution is 2.07. The molecule has 0 N–H and O–H groups in total. The summed E-state index contributed by atoms with van der Waals surface area (Å²) < 4.78 is 6.03. The number of aryl methyl sites for hydroxylation is 1. The third kappa shape index (κ3) is 1.50. The van der Waals surface area contributed by atoms with Gasteiger partial charge in [0, 0.05) is 6.07 Å². The average Bonchev–Trinajstić information content (AvgIpc) is 2.77. The third-order valence-electron chi connectivity index (χ3n) is 2.40. The molecule has 3 aromatic rings. The van der Waals surface area contributed by atoms with E-state index in [1.807, 2.05) is 0 Å². The normalized spacial score (nSPS) is 10.9. The van der Waals surface area contributed by atoms with Crippen LogP contribution >= 0.6 is 0 Å². The predicted octanol–water partition coefficient (Wildman–Crippen LogP) is 1.08. The maximum atomic E-state index is 12.1. The van der Waals surface area contributed by atoms with Crippen LogP contribution in [0.25, 0.3) is 16.7 Å². The Morgan fingerprint density at radius 3 is 2.88 bits per heavy atom. The third-order valence-corrected chi connectivity index (χ3v) is 2.40. The quantitative estimate of drug-likeness (QED) is 0.623. The summed E-state index contributed by atoms with van der Waals surface area (Å²) in [4.78, 5) is 12.1. The van der Waals surface area contributed by atoms with Crippen LogP contribution in [0.3, 0.4) is 0 Å². The van der Waals surface area contributed by atoms with Crippen molar-refractivity contribution < 1.29 is 4.52 Å². The van der Waals surface area contributed by atoms with Crippen LogP contribution < -0.4 is 5.56 Å². The van der Waals surface area contributed by atoms with Crippen molar-refractivity contribution in [3.63, 3.8) is 0 Å². The zero-order valence-electron chi connectivity index (χ0n) is 8.99. The van der Waals surface area contributed by atoms with E-state index in [0.717, 1.165) is 4.68 Å². The van der Waals surface area contributed by atoms with Gasteiger partial charge in [-0.3, -0.25) is 4.79 Å². The molecule has 84 valence electrons. The van der Waals surface area contributed by atoms with E-state index < -0.39 is 0 Å². The zero-order chi connectivity index (χ0) is 11.8. The first-order valence-electron chi connectivity index (χ1n) is 5.04. The first kappa shape index (κ1) is 9.71. The second kappa shape index (κ2) is 3.51. The fraction of sp³-hybridized carbons (Fsp3) is 0.0909. The fourth-order valence-corrected chi connectivity index (χ4v) is 1.59. The van der Waals surface area contributed by atoms with Gasteiger partial charge in [-0.25, -0.2) is 0 Å². The number of nitrogens with zero attached hydrogens (tertiary/aromatic N) is 4. The Bertz CT molecular complexity index is 744. The second-order valence-corrected chi connectivity index (χ2v) is 3.62. The first-order valence-corrected chi connectivity index (χ1v) is 5.04. The highest BCUT2D eigenvalue weighted by Gasteiger charge is 2.09. The summed E-state index contributed by atoms with van der Waals surface area (Å²) in [6, 6.07) is 8.66. The monoisotopic (exact) mass is 228 g/mol. The average molecular weight is 228 g/mol. The van der Waals surface area contributed by atoms with Crippen LogP contribution in [0.5, 0.6) is 0 Å². The van der Waals surface area contributed by atoms with E-state index in [1.165, 1.54) is 0 Å². The number of rotatable bonds is 1. The topological polar surface area (TPSA) is 73.8 Å². The SMILES string of the molecule is Cc1cc(-n2nnc3ccccc3c2=O)no1. The van der Waals surface area contributed by atoms with E-state index in [2.05, 4.69) is 15.5 Å². The Labute approximate surface area is 95.5 Å². The Kier molecular flexibility index (Phi) is 2.01. The molecule has 2 heterocycles. The highest BCUT2D eigenvalue weighted by molar-refractivity contribution is 5.76. The molecule has 0 saturated carbocycles. The number of aromatic nitrogens is 4. The molecule has 0 unspecified atom stereocenters. The van der Waals surface area contributed by atoms with E-state index in [1.54, 1.807) is 37.3 Å². The van der Waals surface area contributed by atoms with E-state index in [0.29, 0.717) is 22.5 Å². The van der Waals surface area contributed by atoms with Crippen LogP contribution in [0.2, 0.25) is 0 Å². The molecule has 6 nitrogen and oxygen atoms in total. The van der Waals surface area contributed by atoms with Gasteiger partial charge in [-0.05, 0) is 19.1 Å². The summed E-state index contributed by atoms with van der Waals surface area (Å²) in [6.45, 7) is 1.75. The van der Waals surface area contributed by atoms with Crippen molar-refractivity contribution in [2.75, 3.05) is 0 Å². The van der Waals surface area contributed by atoms with Gasteiger partial charge in [0.05, 0.1) is 5.39 Å². The Morgan fingerprint density at radius 2 is 2.12 bits per heavy atom. The second-order valence-electron chi connectivity index (χ2n) is 3.62. The molecule has 0 amide bonds. The van der Waals surface area contributed by atoms with Gasteiger partial charge in [-0.1, -0.05) is 22.5 Å². The van der Waals surface area contributed by atoms with Gasteiger partial charge >= 0.3 is 0 Å². The molecule has 1 aromatic carbocycles. The van der Waals surface area contributed by atoms with Crippen LogP contribution in [-0.4, -0.2) is 20.2 Å².